The van der Waals surface area contributed by atoms with Gasteiger partial charge >= 0.3 is 0 Å². The van der Waals surface area contributed by atoms with E-state index in [-0.39, 0.29) is 0 Å². The molecule has 0 fully saturated rings. The topological polar surface area (TPSA) is 25.8 Å². The zero-order valence-corrected chi connectivity index (χ0v) is 9.53. The summed E-state index contributed by atoms with van der Waals surface area (Å²) in [7, 11) is 0. The van der Waals surface area contributed by atoms with Crippen molar-refractivity contribution in [3.8, 4) is 0 Å². The Morgan fingerprint density at radius 1 is 1.29 bits per heavy atom. The van der Waals surface area contributed by atoms with E-state index >= 15 is 0 Å². The molecule has 0 N–H and O–H groups in total. The van der Waals surface area contributed by atoms with Gasteiger partial charge in [0.05, 0.1) is 16.7 Å². The molecule has 0 saturated heterocycles. The largest absolute Gasteiger partial charge is 0.253 e. The average molecular weight is 251 g/mol. The maximum absolute atomic E-state index is 4.52. The minimum atomic E-state index is 0.443. The lowest BCUT2D eigenvalue weighted by Gasteiger charge is -2.03. The first kappa shape index (κ1) is 9.59. The highest BCUT2D eigenvalue weighted by Crippen LogP contribution is 2.11. The van der Waals surface area contributed by atoms with E-state index in [9.17, 15) is 0 Å². The minimum absolute atomic E-state index is 0.443. The Morgan fingerprint density at radius 2 is 2.00 bits per heavy atom. The van der Waals surface area contributed by atoms with Crippen molar-refractivity contribution in [3.05, 3.63) is 36.2 Å². The maximum Gasteiger partial charge on any atom is 0.0890 e. The van der Waals surface area contributed by atoms with Crippen molar-refractivity contribution >= 4 is 27.0 Å². The van der Waals surface area contributed by atoms with Crippen LogP contribution in [0.25, 0.3) is 11.0 Å². The first-order valence-corrected chi connectivity index (χ1v) is 5.52. The number of hydrogen-bond donors (Lipinski definition) is 0. The van der Waals surface area contributed by atoms with Gasteiger partial charge in [0.25, 0.3) is 0 Å². The Labute approximate surface area is 91.5 Å². The first-order chi connectivity index (χ1) is 6.75. The van der Waals surface area contributed by atoms with Crippen LogP contribution in [0.1, 0.15) is 12.6 Å². The lowest BCUT2D eigenvalue weighted by molar-refractivity contribution is 0.912. The van der Waals surface area contributed by atoms with E-state index in [1.54, 1.807) is 0 Å². The zero-order chi connectivity index (χ0) is 9.97. The molecule has 0 radical (unpaired) electrons. The van der Waals surface area contributed by atoms with Gasteiger partial charge in [-0.25, -0.2) is 4.98 Å². The second-order valence-electron chi connectivity index (χ2n) is 3.33. The van der Waals surface area contributed by atoms with Crippen LogP contribution in [-0.4, -0.2) is 14.8 Å². The van der Waals surface area contributed by atoms with Crippen molar-refractivity contribution in [2.75, 3.05) is 0 Å². The van der Waals surface area contributed by atoms with Gasteiger partial charge in [-0.1, -0.05) is 35.0 Å². The van der Waals surface area contributed by atoms with Crippen LogP contribution < -0.4 is 0 Å². The minimum Gasteiger partial charge on any atom is -0.253 e. The summed E-state index contributed by atoms with van der Waals surface area (Å²) < 4.78 is 0. The van der Waals surface area contributed by atoms with Gasteiger partial charge in [0.1, 0.15) is 0 Å². The standard InChI is InChI=1S/C11H11BrN2/c1-8(12)6-9-7-13-10-4-2-3-5-11(10)14-9/h2-5,7-8H,6H2,1H3. The Bertz CT molecular complexity index is 440. The Kier molecular flexibility index (Phi) is 2.77. The van der Waals surface area contributed by atoms with E-state index in [1.165, 1.54) is 0 Å². The lowest BCUT2D eigenvalue weighted by atomic mass is 10.2. The second kappa shape index (κ2) is 4.05. The third-order valence-corrected chi connectivity index (χ3v) is 2.31. The number of para-hydroxylation sites is 2. The van der Waals surface area contributed by atoms with Gasteiger partial charge in [0.2, 0.25) is 0 Å². The third kappa shape index (κ3) is 2.10. The molecule has 1 heterocycles. The van der Waals surface area contributed by atoms with Crippen molar-refractivity contribution in [1.29, 1.82) is 0 Å². The molecular formula is C11H11BrN2. The number of alkyl halides is 1. The van der Waals surface area contributed by atoms with E-state index in [0.717, 1.165) is 23.1 Å². The molecule has 0 aliphatic heterocycles. The van der Waals surface area contributed by atoms with Crippen LogP contribution in [0.3, 0.4) is 0 Å². The first-order valence-electron chi connectivity index (χ1n) is 4.60. The normalized spacial score (nSPS) is 13.0. The van der Waals surface area contributed by atoms with Gasteiger partial charge in [-0.15, -0.1) is 0 Å². The SMILES string of the molecule is CC(Br)Cc1cnc2ccccc2n1. The predicted octanol–water partition coefficient (Wildman–Crippen LogP) is 2.96. The molecule has 1 aromatic carbocycles. The highest BCUT2D eigenvalue weighted by atomic mass is 79.9. The smallest absolute Gasteiger partial charge is 0.0890 e. The molecule has 14 heavy (non-hydrogen) atoms. The van der Waals surface area contributed by atoms with Gasteiger partial charge in [-0.05, 0) is 12.1 Å². The monoisotopic (exact) mass is 250 g/mol. The van der Waals surface area contributed by atoms with Crippen molar-refractivity contribution in [3.63, 3.8) is 0 Å². The van der Waals surface area contributed by atoms with Crippen molar-refractivity contribution in [2.24, 2.45) is 0 Å². The van der Waals surface area contributed by atoms with E-state index in [2.05, 4.69) is 32.8 Å². The number of benzene rings is 1. The molecule has 0 amide bonds. The highest BCUT2D eigenvalue weighted by Gasteiger charge is 2.02. The number of hydrogen-bond acceptors (Lipinski definition) is 2. The summed E-state index contributed by atoms with van der Waals surface area (Å²) in [6.07, 6.45) is 2.76. The quantitative estimate of drug-likeness (QED) is 0.767. The van der Waals surface area contributed by atoms with Gasteiger partial charge in [-0.3, -0.25) is 4.98 Å². The molecule has 0 aliphatic carbocycles. The van der Waals surface area contributed by atoms with Crippen LogP contribution in [-0.2, 0) is 6.42 Å². The fraction of sp³-hybridized carbons (Fsp3) is 0.273. The van der Waals surface area contributed by atoms with Gasteiger partial charge in [-0.2, -0.15) is 0 Å². The van der Waals surface area contributed by atoms with E-state index in [0.29, 0.717) is 4.83 Å². The zero-order valence-electron chi connectivity index (χ0n) is 7.94. The van der Waals surface area contributed by atoms with E-state index in [4.69, 9.17) is 0 Å². The van der Waals surface area contributed by atoms with Crippen LogP contribution >= 0.6 is 15.9 Å². The molecule has 2 rings (SSSR count). The van der Waals surface area contributed by atoms with Crippen LogP contribution in [0.15, 0.2) is 30.5 Å². The summed E-state index contributed by atoms with van der Waals surface area (Å²) in [5.41, 5.74) is 2.96. The van der Waals surface area contributed by atoms with Gasteiger partial charge < -0.3 is 0 Å². The number of rotatable bonds is 2. The number of fused-ring (bicyclic) bond motifs is 1. The molecule has 3 heteroatoms. The predicted molar refractivity (Wildman–Crippen MR) is 61.6 cm³/mol. The van der Waals surface area contributed by atoms with Crippen LogP contribution in [0, 0.1) is 0 Å². The molecule has 0 spiro atoms. The molecule has 0 bridgehead atoms. The Hall–Kier alpha value is -0.960. The van der Waals surface area contributed by atoms with E-state index < -0.39 is 0 Å². The average Bonchev–Trinajstić information content (AvgIpc) is 2.17. The van der Waals surface area contributed by atoms with Crippen molar-refractivity contribution < 1.29 is 0 Å². The molecule has 2 aromatic rings. The van der Waals surface area contributed by atoms with Crippen LogP contribution in [0.5, 0.6) is 0 Å². The van der Waals surface area contributed by atoms with E-state index in [1.807, 2.05) is 30.5 Å². The summed E-state index contributed by atoms with van der Waals surface area (Å²) >= 11 is 3.51. The molecule has 1 unspecified atom stereocenters. The molecular weight excluding hydrogens is 240 g/mol. The Morgan fingerprint density at radius 3 is 2.71 bits per heavy atom. The number of halogens is 1. The van der Waals surface area contributed by atoms with Crippen LogP contribution in [0.2, 0.25) is 0 Å². The fourth-order valence-corrected chi connectivity index (χ4v) is 1.71. The summed E-state index contributed by atoms with van der Waals surface area (Å²) in [6.45, 7) is 2.11. The third-order valence-electron chi connectivity index (χ3n) is 1.99. The van der Waals surface area contributed by atoms with Gasteiger partial charge in [0.15, 0.2) is 0 Å². The summed E-state index contributed by atoms with van der Waals surface area (Å²) in [4.78, 5) is 9.32. The van der Waals surface area contributed by atoms with Crippen molar-refractivity contribution in [1.82, 2.24) is 9.97 Å². The molecule has 0 saturated carbocycles. The lowest BCUT2D eigenvalue weighted by Crippen LogP contribution is -2.00. The highest BCUT2D eigenvalue weighted by molar-refractivity contribution is 9.09. The Balaban J connectivity index is 2.41. The summed E-state index contributed by atoms with van der Waals surface area (Å²) in [6, 6.07) is 7.93. The fourth-order valence-electron chi connectivity index (χ4n) is 1.38. The molecule has 2 nitrogen and oxygen atoms in total. The summed E-state index contributed by atoms with van der Waals surface area (Å²) in [5.74, 6) is 0. The number of aromatic nitrogens is 2. The van der Waals surface area contributed by atoms with Gasteiger partial charge in [0, 0.05) is 17.4 Å². The molecule has 0 aliphatic rings. The second-order valence-corrected chi connectivity index (χ2v) is 4.90. The number of nitrogens with zero attached hydrogens (tertiary/aromatic N) is 2. The maximum atomic E-state index is 4.52. The van der Waals surface area contributed by atoms with Crippen molar-refractivity contribution in [2.45, 2.75) is 18.2 Å². The molecule has 1 aromatic heterocycles. The van der Waals surface area contributed by atoms with Crippen LogP contribution in [0.4, 0.5) is 0 Å². The summed E-state index contributed by atoms with van der Waals surface area (Å²) in [5, 5.41) is 0. The molecule has 72 valence electrons. The molecule has 1 atom stereocenters.